The molecule has 4 aromatic rings. The van der Waals surface area contributed by atoms with E-state index < -0.39 is 5.95 Å². The first-order valence-electron chi connectivity index (χ1n) is 11.2. The monoisotopic (exact) mass is 459 g/mol. The van der Waals surface area contributed by atoms with E-state index in [0.29, 0.717) is 31.0 Å². The van der Waals surface area contributed by atoms with Crippen LogP contribution in [0.2, 0.25) is 0 Å². The maximum absolute atomic E-state index is 14.6. The predicted molar refractivity (Wildman–Crippen MR) is 120 cm³/mol. The van der Waals surface area contributed by atoms with E-state index >= 15 is 0 Å². The molecule has 1 amide bonds. The standard InChI is InChI=1S/C23H22FN9O/c24-22-18(11-33(30-22)13-21(34)32-6-5-19-20(12-32)29-31-28-19)16-9-25-23(26-10-16)27-17-7-14-3-1-2-4-15(14)8-17/h1-4,9-11,17H,5-8,12-13H2,(H,25,26,27)(H,28,29,31). The Morgan fingerprint density at radius 2 is 1.85 bits per heavy atom. The lowest BCUT2D eigenvalue weighted by atomic mass is 10.1. The summed E-state index contributed by atoms with van der Waals surface area (Å²) in [6, 6.07) is 8.62. The summed E-state index contributed by atoms with van der Waals surface area (Å²) in [4.78, 5) is 23.1. The number of nitrogens with one attached hydrogen (secondary N) is 2. The summed E-state index contributed by atoms with van der Waals surface area (Å²) in [6.07, 6.45) is 7.14. The Morgan fingerprint density at radius 3 is 2.62 bits per heavy atom. The number of anilines is 1. The fourth-order valence-corrected chi connectivity index (χ4v) is 4.61. The maximum Gasteiger partial charge on any atom is 0.244 e. The van der Waals surface area contributed by atoms with E-state index in [1.165, 1.54) is 22.0 Å². The molecule has 10 nitrogen and oxygen atoms in total. The Labute approximate surface area is 194 Å². The molecule has 2 N–H and O–H groups in total. The van der Waals surface area contributed by atoms with Crippen molar-refractivity contribution in [1.82, 2.24) is 40.1 Å². The van der Waals surface area contributed by atoms with Gasteiger partial charge in [0.15, 0.2) is 0 Å². The molecule has 4 heterocycles. The number of hydrogen-bond acceptors (Lipinski definition) is 7. The molecular weight excluding hydrogens is 437 g/mol. The number of rotatable bonds is 5. The zero-order valence-electron chi connectivity index (χ0n) is 18.3. The van der Waals surface area contributed by atoms with Gasteiger partial charge in [0.05, 0.1) is 17.8 Å². The third-order valence-electron chi connectivity index (χ3n) is 6.38. The highest BCUT2D eigenvalue weighted by Gasteiger charge is 2.25. The molecule has 0 bridgehead atoms. The number of carbonyl (C=O) groups is 1. The number of benzene rings is 1. The van der Waals surface area contributed by atoms with Crippen LogP contribution in [0.25, 0.3) is 11.1 Å². The predicted octanol–water partition coefficient (Wildman–Crippen LogP) is 1.76. The lowest BCUT2D eigenvalue weighted by Crippen LogP contribution is -2.38. The van der Waals surface area contributed by atoms with E-state index in [-0.39, 0.29) is 24.1 Å². The van der Waals surface area contributed by atoms with Crippen molar-refractivity contribution in [2.75, 3.05) is 11.9 Å². The smallest absolute Gasteiger partial charge is 0.244 e. The topological polar surface area (TPSA) is 118 Å². The van der Waals surface area contributed by atoms with Crippen LogP contribution < -0.4 is 5.32 Å². The van der Waals surface area contributed by atoms with Crippen LogP contribution in [0, 0.1) is 5.95 Å². The molecule has 0 fully saturated rings. The van der Waals surface area contributed by atoms with Crippen LogP contribution in [0.15, 0.2) is 42.9 Å². The second-order valence-electron chi connectivity index (χ2n) is 8.63. The molecule has 1 aliphatic carbocycles. The Bertz CT molecular complexity index is 1320. The second-order valence-corrected chi connectivity index (χ2v) is 8.63. The van der Waals surface area contributed by atoms with Gasteiger partial charge < -0.3 is 10.2 Å². The molecule has 0 spiro atoms. The minimum absolute atomic E-state index is 0.0627. The number of hydrogen-bond donors (Lipinski definition) is 2. The van der Waals surface area contributed by atoms with Gasteiger partial charge >= 0.3 is 0 Å². The number of aromatic nitrogens is 7. The third kappa shape index (κ3) is 3.89. The average molecular weight is 459 g/mol. The number of halogens is 1. The lowest BCUT2D eigenvalue weighted by Gasteiger charge is -2.25. The zero-order valence-corrected chi connectivity index (χ0v) is 18.3. The van der Waals surface area contributed by atoms with Crippen molar-refractivity contribution < 1.29 is 9.18 Å². The fraction of sp³-hybridized carbons (Fsp3) is 0.304. The van der Waals surface area contributed by atoms with Crippen molar-refractivity contribution >= 4 is 11.9 Å². The highest BCUT2D eigenvalue weighted by molar-refractivity contribution is 5.76. The summed E-state index contributed by atoms with van der Waals surface area (Å²) in [6.45, 7) is 0.867. The Hall–Kier alpha value is -4.15. The van der Waals surface area contributed by atoms with Gasteiger partial charge in [0.1, 0.15) is 12.2 Å². The van der Waals surface area contributed by atoms with E-state index in [9.17, 15) is 9.18 Å². The van der Waals surface area contributed by atoms with Crippen LogP contribution in [-0.4, -0.2) is 58.6 Å². The molecule has 172 valence electrons. The molecule has 2 aliphatic rings. The van der Waals surface area contributed by atoms with Crippen molar-refractivity contribution in [2.24, 2.45) is 0 Å². The second kappa shape index (κ2) is 8.32. The van der Waals surface area contributed by atoms with Gasteiger partial charge in [-0.15, -0.1) is 5.10 Å². The van der Waals surface area contributed by atoms with E-state index in [4.69, 9.17) is 0 Å². The molecule has 6 rings (SSSR count). The van der Waals surface area contributed by atoms with Gasteiger partial charge in [0, 0.05) is 43.2 Å². The SMILES string of the molecule is O=C(Cn1cc(-c2cnc(NC3Cc4ccccc4C3)nc2)c(F)n1)N1CCc2n[nH]nc2C1. The minimum atomic E-state index is -0.666. The molecular formula is C23H22FN9O. The van der Waals surface area contributed by atoms with Crippen molar-refractivity contribution in [1.29, 1.82) is 0 Å². The molecule has 0 saturated heterocycles. The molecule has 34 heavy (non-hydrogen) atoms. The number of amides is 1. The Morgan fingerprint density at radius 1 is 1.12 bits per heavy atom. The van der Waals surface area contributed by atoms with Gasteiger partial charge in [0.2, 0.25) is 17.8 Å². The van der Waals surface area contributed by atoms with Gasteiger partial charge in [0.25, 0.3) is 0 Å². The molecule has 0 atom stereocenters. The average Bonchev–Trinajstić information content (AvgIpc) is 3.56. The highest BCUT2D eigenvalue weighted by Crippen LogP contribution is 2.25. The molecule has 0 unspecified atom stereocenters. The van der Waals surface area contributed by atoms with Crippen LogP contribution in [0.1, 0.15) is 22.5 Å². The van der Waals surface area contributed by atoms with Gasteiger partial charge in [-0.2, -0.15) is 19.8 Å². The zero-order chi connectivity index (χ0) is 23.1. The van der Waals surface area contributed by atoms with Crippen LogP contribution in [-0.2, 0) is 37.1 Å². The number of nitrogens with zero attached hydrogens (tertiary/aromatic N) is 7. The Kier molecular flexibility index (Phi) is 5.01. The first-order valence-corrected chi connectivity index (χ1v) is 11.2. The quantitative estimate of drug-likeness (QED) is 0.467. The van der Waals surface area contributed by atoms with E-state index in [1.807, 2.05) is 12.1 Å². The molecule has 11 heteroatoms. The van der Waals surface area contributed by atoms with Gasteiger partial charge in [-0.1, -0.05) is 24.3 Å². The summed E-state index contributed by atoms with van der Waals surface area (Å²) in [7, 11) is 0. The van der Waals surface area contributed by atoms with E-state index in [1.54, 1.807) is 17.3 Å². The Balaban J connectivity index is 1.10. The molecule has 1 aliphatic heterocycles. The third-order valence-corrected chi connectivity index (χ3v) is 6.38. The van der Waals surface area contributed by atoms with Gasteiger partial charge in [-0.05, 0) is 24.0 Å². The summed E-state index contributed by atoms with van der Waals surface area (Å²) in [5.41, 5.74) is 5.08. The molecule has 3 aromatic heterocycles. The summed E-state index contributed by atoms with van der Waals surface area (Å²) in [5.74, 6) is -0.321. The molecule has 0 saturated carbocycles. The van der Waals surface area contributed by atoms with Crippen LogP contribution in [0.5, 0.6) is 0 Å². The number of aromatic amines is 1. The summed E-state index contributed by atoms with van der Waals surface area (Å²) in [5, 5.41) is 18.0. The molecule has 1 aromatic carbocycles. The first kappa shape index (κ1) is 20.5. The number of H-pyrrole nitrogens is 1. The van der Waals surface area contributed by atoms with Crippen molar-refractivity contribution in [3.8, 4) is 11.1 Å². The maximum atomic E-state index is 14.6. The lowest BCUT2D eigenvalue weighted by molar-refractivity contribution is -0.133. The van der Waals surface area contributed by atoms with Crippen molar-refractivity contribution in [2.45, 2.75) is 38.4 Å². The van der Waals surface area contributed by atoms with E-state index in [2.05, 4.69) is 47.9 Å². The normalized spacial score (nSPS) is 15.3. The summed E-state index contributed by atoms with van der Waals surface area (Å²) < 4.78 is 15.9. The van der Waals surface area contributed by atoms with Gasteiger partial charge in [-0.25, -0.2) is 9.97 Å². The highest BCUT2D eigenvalue weighted by atomic mass is 19.1. The number of fused-ring (bicyclic) bond motifs is 2. The minimum Gasteiger partial charge on any atom is -0.351 e. The first-order chi connectivity index (χ1) is 16.6. The van der Waals surface area contributed by atoms with Gasteiger partial charge in [-0.3, -0.25) is 9.48 Å². The fourth-order valence-electron chi connectivity index (χ4n) is 4.61. The van der Waals surface area contributed by atoms with Crippen molar-refractivity contribution in [3.63, 3.8) is 0 Å². The van der Waals surface area contributed by atoms with Crippen LogP contribution in [0.3, 0.4) is 0 Å². The van der Waals surface area contributed by atoms with Crippen molar-refractivity contribution in [3.05, 3.63) is 71.3 Å². The summed E-state index contributed by atoms with van der Waals surface area (Å²) >= 11 is 0. The van der Waals surface area contributed by atoms with Crippen LogP contribution >= 0.6 is 0 Å². The molecule has 0 radical (unpaired) electrons. The van der Waals surface area contributed by atoms with Crippen LogP contribution in [0.4, 0.5) is 10.3 Å². The number of carbonyl (C=O) groups excluding carboxylic acids is 1. The van der Waals surface area contributed by atoms with E-state index in [0.717, 1.165) is 24.2 Å². The largest absolute Gasteiger partial charge is 0.351 e.